The molecule has 0 aromatic heterocycles. The molecule has 1 aliphatic heterocycles. The molecule has 6 heteroatoms. The molecule has 0 unspecified atom stereocenters. The summed E-state index contributed by atoms with van der Waals surface area (Å²) in [5.41, 5.74) is 3.09. The zero-order valence-corrected chi connectivity index (χ0v) is 17.5. The normalized spacial score (nSPS) is 11.8. The van der Waals surface area contributed by atoms with E-state index in [-0.39, 0.29) is 12.4 Å². The highest BCUT2D eigenvalue weighted by Gasteiger charge is 2.23. The lowest BCUT2D eigenvalue weighted by Gasteiger charge is -2.32. The summed E-state index contributed by atoms with van der Waals surface area (Å²) in [4.78, 5) is 23.0. The molecule has 6 nitrogen and oxygen atoms in total. The molecular formula is C25H25NO5. The minimum atomic E-state index is -0.367. The third kappa shape index (κ3) is 5.16. The maximum absolute atomic E-state index is 11.5. The summed E-state index contributed by atoms with van der Waals surface area (Å²) in [6.07, 6.45) is 0.865. The molecule has 4 rings (SSSR count). The van der Waals surface area contributed by atoms with Crippen LogP contribution in [0.4, 0.5) is 11.4 Å². The van der Waals surface area contributed by atoms with Crippen molar-refractivity contribution < 1.29 is 24.0 Å². The number of hydrogen-bond acceptors (Lipinski definition) is 6. The number of hydrogen-bond donors (Lipinski definition) is 0. The number of benzene rings is 3. The van der Waals surface area contributed by atoms with Gasteiger partial charge in [-0.3, -0.25) is 4.89 Å². The Morgan fingerprint density at radius 1 is 0.903 bits per heavy atom. The van der Waals surface area contributed by atoms with Gasteiger partial charge in [-0.15, -0.1) is 0 Å². The van der Waals surface area contributed by atoms with Crippen molar-refractivity contribution in [1.29, 1.82) is 0 Å². The van der Waals surface area contributed by atoms with E-state index >= 15 is 0 Å². The Balaban J connectivity index is 1.33. The lowest BCUT2D eigenvalue weighted by molar-refractivity contribution is -0.269. The standard InChI is InChI=1S/C25H25NO5/c1-2-29-31-25(27)16-13-19-11-14-20(15-12-19)28-18-17-26-21-7-3-5-9-23(21)30-24-10-6-4-8-22(24)26/h3-12,14-15H,2,13,16-18H2,1H3. The van der Waals surface area contributed by atoms with E-state index in [9.17, 15) is 4.79 Å². The Bertz CT molecular complexity index is 973. The average molecular weight is 419 g/mol. The highest BCUT2D eigenvalue weighted by atomic mass is 17.2. The van der Waals surface area contributed by atoms with Crippen LogP contribution in [0.1, 0.15) is 18.9 Å². The van der Waals surface area contributed by atoms with E-state index in [1.165, 1.54) is 0 Å². The Morgan fingerprint density at radius 2 is 1.55 bits per heavy atom. The first kappa shape index (κ1) is 20.8. The van der Waals surface area contributed by atoms with Gasteiger partial charge in [0, 0.05) is 0 Å². The second kappa shape index (κ2) is 10.00. The van der Waals surface area contributed by atoms with Crippen LogP contribution in [0.2, 0.25) is 0 Å². The molecule has 3 aromatic rings. The smallest absolute Gasteiger partial charge is 0.342 e. The van der Waals surface area contributed by atoms with Gasteiger partial charge in [-0.05, 0) is 55.3 Å². The van der Waals surface area contributed by atoms with Crippen LogP contribution in [0.5, 0.6) is 17.2 Å². The number of anilines is 2. The molecule has 0 saturated carbocycles. The van der Waals surface area contributed by atoms with Gasteiger partial charge in [0.05, 0.1) is 30.9 Å². The number of rotatable bonds is 9. The van der Waals surface area contributed by atoms with Crippen LogP contribution in [0.3, 0.4) is 0 Å². The second-order valence-electron chi connectivity index (χ2n) is 7.04. The fraction of sp³-hybridized carbons (Fsp3) is 0.240. The molecule has 1 aliphatic rings. The molecule has 31 heavy (non-hydrogen) atoms. The SMILES string of the molecule is CCOOC(=O)CCc1ccc(OCCN2c3ccccc3Oc3ccccc32)cc1. The zero-order valence-electron chi connectivity index (χ0n) is 17.5. The highest BCUT2D eigenvalue weighted by Crippen LogP contribution is 2.45. The molecule has 0 amide bonds. The maximum Gasteiger partial charge on any atom is 0.342 e. The number of aryl methyl sites for hydroxylation is 1. The highest BCUT2D eigenvalue weighted by molar-refractivity contribution is 5.77. The van der Waals surface area contributed by atoms with Crippen molar-refractivity contribution >= 4 is 17.3 Å². The van der Waals surface area contributed by atoms with E-state index in [4.69, 9.17) is 9.47 Å². The molecular weight excluding hydrogens is 394 g/mol. The van der Waals surface area contributed by atoms with Crippen LogP contribution in [-0.2, 0) is 21.0 Å². The molecule has 3 aromatic carbocycles. The van der Waals surface area contributed by atoms with E-state index < -0.39 is 0 Å². The van der Waals surface area contributed by atoms with E-state index in [1.807, 2.05) is 60.7 Å². The summed E-state index contributed by atoms with van der Waals surface area (Å²) < 4.78 is 12.0. The van der Waals surface area contributed by atoms with Crippen LogP contribution < -0.4 is 14.4 Å². The average Bonchev–Trinajstić information content (AvgIpc) is 2.81. The summed E-state index contributed by atoms with van der Waals surface area (Å²) in [6.45, 7) is 3.31. The Kier molecular flexibility index (Phi) is 6.69. The fourth-order valence-electron chi connectivity index (χ4n) is 3.44. The van der Waals surface area contributed by atoms with Crippen molar-refractivity contribution in [3.05, 3.63) is 78.4 Å². The fourth-order valence-corrected chi connectivity index (χ4v) is 3.44. The topological polar surface area (TPSA) is 57.2 Å². The number of para-hydroxylation sites is 4. The predicted octanol–water partition coefficient (Wildman–Crippen LogP) is 5.44. The van der Waals surface area contributed by atoms with Gasteiger partial charge in [-0.2, -0.15) is 4.89 Å². The molecule has 0 aliphatic carbocycles. The minimum absolute atomic E-state index is 0.274. The molecule has 1 heterocycles. The van der Waals surface area contributed by atoms with Gasteiger partial charge in [-0.1, -0.05) is 36.4 Å². The first-order chi connectivity index (χ1) is 15.2. The Labute approximate surface area is 181 Å². The predicted molar refractivity (Wildman–Crippen MR) is 118 cm³/mol. The molecule has 0 saturated heterocycles. The van der Waals surface area contributed by atoms with Crippen LogP contribution in [0.25, 0.3) is 0 Å². The number of fused-ring (bicyclic) bond motifs is 2. The third-order valence-electron chi connectivity index (χ3n) is 4.93. The maximum atomic E-state index is 11.5. The van der Waals surface area contributed by atoms with Crippen molar-refractivity contribution in [2.24, 2.45) is 0 Å². The second-order valence-corrected chi connectivity index (χ2v) is 7.04. The first-order valence-electron chi connectivity index (χ1n) is 10.4. The zero-order chi connectivity index (χ0) is 21.5. The van der Waals surface area contributed by atoms with Crippen LogP contribution >= 0.6 is 0 Å². The van der Waals surface area contributed by atoms with E-state index in [0.29, 0.717) is 26.2 Å². The molecule has 160 valence electrons. The lowest BCUT2D eigenvalue weighted by atomic mass is 10.1. The van der Waals surface area contributed by atoms with Crippen LogP contribution in [0.15, 0.2) is 72.8 Å². The van der Waals surface area contributed by atoms with Crippen LogP contribution in [0, 0.1) is 0 Å². The summed E-state index contributed by atoms with van der Waals surface area (Å²) in [7, 11) is 0. The summed E-state index contributed by atoms with van der Waals surface area (Å²) in [6, 6.07) is 23.8. The Hall–Kier alpha value is -3.51. The van der Waals surface area contributed by atoms with Gasteiger partial charge >= 0.3 is 5.97 Å². The Morgan fingerprint density at radius 3 is 2.19 bits per heavy atom. The molecule has 0 fully saturated rings. The minimum Gasteiger partial charge on any atom is -0.492 e. The number of nitrogens with zero attached hydrogens (tertiary/aromatic N) is 1. The molecule has 0 N–H and O–H groups in total. The van der Waals surface area contributed by atoms with E-state index in [1.54, 1.807) is 6.92 Å². The quantitative estimate of drug-likeness (QED) is 0.340. The van der Waals surface area contributed by atoms with Gasteiger partial charge in [0.1, 0.15) is 12.4 Å². The first-order valence-corrected chi connectivity index (χ1v) is 10.4. The molecule has 0 radical (unpaired) electrons. The van der Waals surface area contributed by atoms with Gasteiger partial charge in [0.2, 0.25) is 0 Å². The summed E-state index contributed by atoms with van der Waals surface area (Å²) in [5.74, 6) is 2.10. The summed E-state index contributed by atoms with van der Waals surface area (Å²) >= 11 is 0. The number of ether oxygens (including phenoxy) is 2. The van der Waals surface area contributed by atoms with Gasteiger partial charge < -0.3 is 14.4 Å². The van der Waals surface area contributed by atoms with Gasteiger partial charge in [0.15, 0.2) is 11.5 Å². The van der Waals surface area contributed by atoms with E-state index in [0.717, 1.165) is 34.2 Å². The third-order valence-corrected chi connectivity index (χ3v) is 4.93. The summed E-state index contributed by atoms with van der Waals surface area (Å²) in [5, 5.41) is 0. The number of carbonyl (C=O) groups is 1. The van der Waals surface area contributed by atoms with Gasteiger partial charge in [-0.25, -0.2) is 4.79 Å². The van der Waals surface area contributed by atoms with Crippen molar-refractivity contribution in [2.75, 3.05) is 24.7 Å². The molecule has 0 atom stereocenters. The van der Waals surface area contributed by atoms with Crippen LogP contribution in [-0.4, -0.2) is 25.7 Å². The van der Waals surface area contributed by atoms with Crippen molar-refractivity contribution in [3.8, 4) is 17.2 Å². The number of carbonyl (C=O) groups excluding carboxylic acids is 1. The molecule has 0 bridgehead atoms. The lowest BCUT2D eigenvalue weighted by Crippen LogP contribution is -2.26. The van der Waals surface area contributed by atoms with Crippen molar-refractivity contribution in [2.45, 2.75) is 19.8 Å². The monoisotopic (exact) mass is 419 g/mol. The van der Waals surface area contributed by atoms with Crippen molar-refractivity contribution in [1.82, 2.24) is 0 Å². The van der Waals surface area contributed by atoms with Crippen molar-refractivity contribution in [3.63, 3.8) is 0 Å². The largest absolute Gasteiger partial charge is 0.492 e. The van der Waals surface area contributed by atoms with E-state index in [2.05, 4.69) is 26.8 Å². The molecule has 0 spiro atoms. The van der Waals surface area contributed by atoms with Gasteiger partial charge in [0.25, 0.3) is 0 Å².